The number of ether oxygens (including phenoxy) is 3. The van der Waals surface area contributed by atoms with Crippen molar-refractivity contribution in [1.29, 1.82) is 0 Å². The molecule has 0 aliphatic heterocycles. The van der Waals surface area contributed by atoms with Gasteiger partial charge in [-0.2, -0.15) is 0 Å². The van der Waals surface area contributed by atoms with Crippen molar-refractivity contribution < 1.29 is 50.6 Å². The third kappa shape index (κ3) is 7.87. The van der Waals surface area contributed by atoms with Crippen molar-refractivity contribution in [2.75, 3.05) is 0 Å². The zero-order valence-electron chi connectivity index (χ0n) is 16.6. The normalized spacial score (nSPS) is 18.4. The van der Waals surface area contributed by atoms with Gasteiger partial charge < -0.3 is 24.1 Å². The number of carboxylic acids is 1. The van der Waals surface area contributed by atoms with Crippen molar-refractivity contribution in [2.45, 2.75) is 104 Å². The second kappa shape index (κ2) is 13.0. The Balaban J connectivity index is 0. The molecule has 7 heteroatoms. The molecule has 0 N–H and O–H groups in total. The van der Waals surface area contributed by atoms with E-state index in [-0.39, 0.29) is 40.3 Å². The van der Waals surface area contributed by atoms with Gasteiger partial charge in [-0.25, -0.2) is 0 Å². The summed E-state index contributed by atoms with van der Waals surface area (Å²) in [5, 5.41) is 11.8. The number of Topliss-reactive ketones (excluding diaryl/α,β-unsaturated/α-hetero) is 1. The molecule has 0 rings (SSSR count). The molecule has 0 amide bonds. The van der Waals surface area contributed by atoms with E-state index < -0.39 is 29.7 Å². The second-order valence-corrected chi connectivity index (χ2v) is 6.21. The SMILES string of the molecule is CCC(C)OC(OC(C)CC)C(=O)C(CC)(OC(C)CC)C(=O)[O-].[Ti]. The van der Waals surface area contributed by atoms with Gasteiger partial charge >= 0.3 is 0 Å². The molecule has 25 heavy (non-hydrogen) atoms. The minimum absolute atomic E-state index is 0. The van der Waals surface area contributed by atoms with Crippen LogP contribution in [0.4, 0.5) is 0 Å². The molecule has 0 saturated heterocycles. The van der Waals surface area contributed by atoms with Gasteiger partial charge in [0.05, 0.1) is 24.3 Å². The standard InChI is InChI=1S/C18H34O6.Ti/c1-8-12(5)22-16(23-13(6)9-2)15(19)18(11-4,17(20)21)24-14(7)10-3;/h12-14,16H,8-11H2,1-7H3,(H,20,21);/p-1. The van der Waals surface area contributed by atoms with Gasteiger partial charge in [-0.05, 0) is 46.5 Å². The maximum absolute atomic E-state index is 13.0. The van der Waals surface area contributed by atoms with Crippen LogP contribution in [0.5, 0.6) is 0 Å². The second-order valence-electron chi connectivity index (χ2n) is 6.21. The molecule has 4 unspecified atom stereocenters. The fourth-order valence-electron chi connectivity index (χ4n) is 2.00. The number of rotatable bonds is 13. The maximum atomic E-state index is 13.0. The molecule has 0 aromatic carbocycles. The Morgan fingerprint density at radius 3 is 1.56 bits per heavy atom. The summed E-state index contributed by atoms with van der Waals surface area (Å²) in [6, 6.07) is 0. The molecule has 0 spiro atoms. The monoisotopic (exact) mass is 393 g/mol. The zero-order valence-corrected chi connectivity index (χ0v) is 18.1. The Morgan fingerprint density at radius 2 is 1.28 bits per heavy atom. The van der Waals surface area contributed by atoms with Crippen LogP contribution < -0.4 is 5.11 Å². The number of aliphatic carboxylic acids is 1. The van der Waals surface area contributed by atoms with Crippen LogP contribution in [0.2, 0.25) is 0 Å². The summed E-state index contributed by atoms with van der Waals surface area (Å²) in [7, 11) is 0. The van der Waals surface area contributed by atoms with E-state index in [4.69, 9.17) is 14.2 Å². The topological polar surface area (TPSA) is 84.9 Å². The van der Waals surface area contributed by atoms with Crippen molar-refractivity contribution in [3.8, 4) is 0 Å². The van der Waals surface area contributed by atoms with E-state index in [2.05, 4.69) is 0 Å². The Labute approximate surface area is 166 Å². The fraction of sp³-hybridized carbons (Fsp3) is 0.889. The summed E-state index contributed by atoms with van der Waals surface area (Å²) in [5.41, 5.74) is -2.07. The van der Waals surface area contributed by atoms with Gasteiger partial charge in [0.1, 0.15) is 0 Å². The van der Waals surface area contributed by atoms with Crippen LogP contribution in [-0.4, -0.2) is 42.0 Å². The van der Waals surface area contributed by atoms with Gasteiger partial charge in [0.25, 0.3) is 0 Å². The fourth-order valence-corrected chi connectivity index (χ4v) is 2.00. The number of hydrogen-bond acceptors (Lipinski definition) is 6. The molecule has 0 heterocycles. The number of carbonyl (C=O) groups excluding carboxylic acids is 2. The van der Waals surface area contributed by atoms with E-state index >= 15 is 0 Å². The van der Waals surface area contributed by atoms with Gasteiger partial charge in [-0.1, -0.05) is 27.7 Å². The number of ketones is 1. The molecule has 0 bridgehead atoms. The quantitative estimate of drug-likeness (QED) is 0.271. The average Bonchev–Trinajstić information content (AvgIpc) is 2.57. The number of carbonyl (C=O) groups is 2. The summed E-state index contributed by atoms with van der Waals surface area (Å²) in [5.74, 6) is -2.30. The Hall–Kier alpha value is -0.266. The van der Waals surface area contributed by atoms with E-state index in [1.54, 1.807) is 13.8 Å². The minimum atomic E-state index is -2.07. The average molecular weight is 393 g/mol. The summed E-state index contributed by atoms with van der Waals surface area (Å²) in [6.07, 6.45) is -0.328. The van der Waals surface area contributed by atoms with Crippen molar-refractivity contribution >= 4 is 11.8 Å². The van der Waals surface area contributed by atoms with Gasteiger partial charge in [-0.3, -0.25) is 4.79 Å². The van der Waals surface area contributed by atoms with Crippen molar-refractivity contribution in [1.82, 2.24) is 0 Å². The molecular formula is C18H33O6Ti-. The van der Waals surface area contributed by atoms with Crippen LogP contribution in [0.3, 0.4) is 0 Å². The zero-order chi connectivity index (χ0) is 18.9. The molecule has 0 aliphatic carbocycles. The number of carboxylic acid groups (broad SMARTS) is 1. The Kier molecular flexibility index (Phi) is 14.0. The summed E-state index contributed by atoms with van der Waals surface area (Å²) >= 11 is 0. The minimum Gasteiger partial charge on any atom is -0.546 e. The molecule has 4 atom stereocenters. The summed E-state index contributed by atoms with van der Waals surface area (Å²) < 4.78 is 16.9. The first-order valence-electron chi connectivity index (χ1n) is 8.92. The number of hydrogen-bond donors (Lipinski definition) is 0. The first-order chi connectivity index (χ1) is 11.2. The van der Waals surface area contributed by atoms with E-state index in [1.807, 2.05) is 34.6 Å². The van der Waals surface area contributed by atoms with E-state index in [0.717, 1.165) is 0 Å². The molecule has 0 saturated carbocycles. The van der Waals surface area contributed by atoms with Crippen LogP contribution in [-0.2, 0) is 45.5 Å². The molecule has 6 nitrogen and oxygen atoms in total. The van der Waals surface area contributed by atoms with Crippen LogP contribution in [0, 0.1) is 0 Å². The first-order valence-corrected chi connectivity index (χ1v) is 8.92. The Bertz CT molecular complexity index is 391. The van der Waals surface area contributed by atoms with Crippen LogP contribution in [0.15, 0.2) is 0 Å². The molecule has 0 aromatic rings. The van der Waals surface area contributed by atoms with Gasteiger partial charge in [0, 0.05) is 21.7 Å². The van der Waals surface area contributed by atoms with Crippen LogP contribution in [0.25, 0.3) is 0 Å². The largest absolute Gasteiger partial charge is 0.546 e. The molecule has 146 valence electrons. The summed E-state index contributed by atoms with van der Waals surface area (Å²) in [6.45, 7) is 12.6. The van der Waals surface area contributed by atoms with Gasteiger partial charge in [0.2, 0.25) is 12.1 Å². The van der Waals surface area contributed by atoms with E-state index in [9.17, 15) is 14.7 Å². The van der Waals surface area contributed by atoms with Crippen molar-refractivity contribution in [2.24, 2.45) is 0 Å². The smallest absolute Gasteiger partial charge is 0.226 e. The van der Waals surface area contributed by atoms with Crippen molar-refractivity contribution in [3.63, 3.8) is 0 Å². The third-order valence-corrected chi connectivity index (χ3v) is 4.28. The molecular weight excluding hydrogens is 360 g/mol. The maximum Gasteiger partial charge on any atom is 0.226 e. The van der Waals surface area contributed by atoms with Crippen LogP contribution >= 0.6 is 0 Å². The van der Waals surface area contributed by atoms with E-state index in [0.29, 0.717) is 19.3 Å². The summed E-state index contributed by atoms with van der Waals surface area (Å²) in [4.78, 5) is 24.8. The van der Waals surface area contributed by atoms with Gasteiger partial charge in [0.15, 0.2) is 5.60 Å². The third-order valence-electron chi connectivity index (χ3n) is 4.28. The molecule has 0 aromatic heterocycles. The van der Waals surface area contributed by atoms with Crippen molar-refractivity contribution in [3.05, 3.63) is 0 Å². The van der Waals surface area contributed by atoms with E-state index in [1.165, 1.54) is 0 Å². The van der Waals surface area contributed by atoms with Crippen LogP contribution in [0.1, 0.15) is 74.1 Å². The predicted octanol–water partition coefficient (Wildman–Crippen LogP) is 2.22. The molecule has 0 fully saturated rings. The first kappa shape index (κ1) is 27.0. The molecule has 0 aliphatic rings. The van der Waals surface area contributed by atoms with Gasteiger partial charge in [-0.15, -0.1) is 0 Å². The Morgan fingerprint density at radius 1 is 0.880 bits per heavy atom. The molecule has 0 radical (unpaired) electrons. The predicted molar refractivity (Wildman–Crippen MR) is 89.3 cm³/mol.